The topological polar surface area (TPSA) is 96.3 Å². The highest BCUT2D eigenvalue weighted by molar-refractivity contribution is 7.90. The molecule has 0 atom stereocenters. The number of nitrogens with one attached hydrogen (secondary N) is 1. The van der Waals surface area contributed by atoms with Crippen molar-refractivity contribution in [2.75, 3.05) is 6.61 Å². The molecule has 1 N–H and O–H groups in total. The Morgan fingerprint density at radius 1 is 1.14 bits per heavy atom. The highest BCUT2D eigenvalue weighted by Gasteiger charge is 2.38. The maximum absolute atomic E-state index is 13.1. The fraction of sp³-hybridized carbons (Fsp3) is 0.176. The molecular weight excluding hydrogens is 404 g/mol. The summed E-state index contributed by atoms with van der Waals surface area (Å²) in [7, 11) is -4.88. The normalized spacial score (nSPS) is 11.5. The third-order valence-electron chi connectivity index (χ3n) is 3.38. The van der Waals surface area contributed by atoms with Crippen LogP contribution in [0.4, 0.5) is 17.6 Å². The molecule has 0 aliphatic heterocycles. The number of carbonyl (C=O) groups excluding carboxylic acids is 1. The quantitative estimate of drug-likeness (QED) is 0.731. The number of carbonyl (C=O) groups is 1. The second-order valence-electron chi connectivity index (χ2n) is 5.43. The van der Waals surface area contributed by atoms with Crippen LogP contribution in [0.1, 0.15) is 11.1 Å². The van der Waals surface area contributed by atoms with Crippen LogP contribution in [0, 0.1) is 17.1 Å². The van der Waals surface area contributed by atoms with Crippen molar-refractivity contribution in [3.8, 4) is 11.8 Å². The number of hydrogen-bond acceptors (Lipinski definition) is 5. The van der Waals surface area contributed by atoms with E-state index >= 15 is 0 Å². The number of alkyl halides is 3. The van der Waals surface area contributed by atoms with E-state index in [-0.39, 0.29) is 12.7 Å². The van der Waals surface area contributed by atoms with Crippen molar-refractivity contribution in [3.05, 3.63) is 59.4 Å². The Hall–Kier alpha value is -3.13. The Labute approximate surface area is 157 Å². The van der Waals surface area contributed by atoms with Gasteiger partial charge in [0, 0.05) is 0 Å². The van der Waals surface area contributed by atoms with Crippen molar-refractivity contribution >= 4 is 15.9 Å². The Morgan fingerprint density at radius 3 is 2.36 bits per heavy atom. The summed E-state index contributed by atoms with van der Waals surface area (Å²) in [4.78, 5) is 10.7. The van der Waals surface area contributed by atoms with Gasteiger partial charge < -0.3 is 4.74 Å². The van der Waals surface area contributed by atoms with E-state index in [2.05, 4.69) is 0 Å². The lowest BCUT2D eigenvalue weighted by Crippen LogP contribution is -2.33. The lowest BCUT2D eigenvalue weighted by molar-refractivity contribution is -0.140. The van der Waals surface area contributed by atoms with Crippen LogP contribution in [0.25, 0.3) is 0 Å². The summed E-state index contributed by atoms with van der Waals surface area (Å²) in [5.74, 6) is -2.00. The van der Waals surface area contributed by atoms with Gasteiger partial charge in [-0.15, -0.1) is 0 Å². The molecule has 1 amide bonds. The number of halogens is 4. The summed E-state index contributed by atoms with van der Waals surface area (Å²) in [6.45, 7) is -0.183. The van der Waals surface area contributed by atoms with Crippen LogP contribution in [-0.4, -0.2) is 20.9 Å². The van der Waals surface area contributed by atoms with Crippen LogP contribution in [0.5, 0.6) is 5.75 Å². The average molecular weight is 416 g/mol. The highest BCUT2D eigenvalue weighted by Crippen LogP contribution is 2.34. The van der Waals surface area contributed by atoms with Gasteiger partial charge in [-0.2, -0.15) is 18.4 Å². The second-order valence-corrected chi connectivity index (χ2v) is 7.09. The molecular formula is C17H12F4N2O4S. The number of nitriles is 1. The zero-order valence-electron chi connectivity index (χ0n) is 14.0. The van der Waals surface area contributed by atoms with Crippen LogP contribution in [0.3, 0.4) is 0 Å². The number of amides is 1. The maximum atomic E-state index is 13.1. The molecule has 6 nitrogen and oxygen atoms in total. The molecule has 0 bridgehead atoms. The minimum Gasteiger partial charge on any atom is -0.479 e. The highest BCUT2D eigenvalue weighted by atomic mass is 32.2. The zero-order chi connectivity index (χ0) is 20.9. The van der Waals surface area contributed by atoms with Gasteiger partial charge in [-0.1, -0.05) is 12.1 Å². The summed E-state index contributed by atoms with van der Waals surface area (Å²) < 4.78 is 83.0. The Balaban J connectivity index is 2.17. The van der Waals surface area contributed by atoms with E-state index in [4.69, 9.17) is 10.00 Å². The lowest BCUT2D eigenvalue weighted by atomic mass is 10.1. The molecule has 0 aliphatic carbocycles. The SMILES string of the molecule is N#CCOc1ccc(CC(=O)NS(=O)(=O)c2ccc(F)cc2C(F)(F)F)cc1. The molecule has 0 unspecified atom stereocenters. The number of nitrogens with zero attached hydrogens (tertiary/aromatic N) is 1. The lowest BCUT2D eigenvalue weighted by Gasteiger charge is -2.14. The van der Waals surface area contributed by atoms with Gasteiger partial charge in [0.1, 0.15) is 17.6 Å². The first-order chi connectivity index (χ1) is 13.0. The molecule has 0 saturated heterocycles. The molecule has 0 spiro atoms. The number of benzene rings is 2. The van der Waals surface area contributed by atoms with Crippen LogP contribution in [-0.2, 0) is 27.4 Å². The minimum atomic E-state index is -5.13. The maximum Gasteiger partial charge on any atom is 0.417 e. The first-order valence-electron chi connectivity index (χ1n) is 7.54. The van der Waals surface area contributed by atoms with E-state index in [1.54, 1.807) is 6.07 Å². The van der Waals surface area contributed by atoms with Crippen molar-refractivity contribution < 1.29 is 35.5 Å². The first-order valence-corrected chi connectivity index (χ1v) is 9.02. The summed E-state index contributed by atoms with van der Waals surface area (Å²) >= 11 is 0. The molecule has 0 heterocycles. The van der Waals surface area contributed by atoms with E-state index in [1.807, 2.05) is 0 Å². The van der Waals surface area contributed by atoms with Gasteiger partial charge in [-0.25, -0.2) is 17.5 Å². The molecule has 0 aromatic heterocycles. The second kappa shape index (κ2) is 8.26. The third kappa shape index (κ3) is 5.43. The summed E-state index contributed by atoms with van der Waals surface area (Å²) in [6.07, 6.45) is -5.57. The van der Waals surface area contributed by atoms with Crippen LogP contribution >= 0.6 is 0 Å². The van der Waals surface area contributed by atoms with Gasteiger partial charge in [0.2, 0.25) is 5.91 Å². The third-order valence-corrected chi connectivity index (χ3v) is 4.81. The fourth-order valence-corrected chi connectivity index (χ4v) is 3.40. The Morgan fingerprint density at radius 2 is 1.79 bits per heavy atom. The molecule has 11 heteroatoms. The molecule has 2 aromatic rings. The summed E-state index contributed by atoms with van der Waals surface area (Å²) in [5.41, 5.74) is -1.36. The van der Waals surface area contributed by atoms with Crippen LogP contribution < -0.4 is 9.46 Å². The van der Waals surface area contributed by atoms with E-state index in [0.29, 0.717) is 23.4 Å². The Kier molecular flexibility index (Phi) is 6.25. The van der Waals surface area contributed by atoms with Crippen LogP contribution in [0.2, 0.25) is 0 Å². The molecule has 148 valence electrons. The van der Waals surface area contributed by atoms with Gasteiger partial charge in [0.15, 0.2) is 6.61 Å². The van der Waals surface area contributed by atoms with Crippen molar-refractivity contribution in [2.45, 2.75) is 17.5 Å². The smallest absolute Gasteiger partial charge is 0.417 e. The van der Waals surface area contributed by atoms with Gasteiger partial charge >= 0.3 is 6.18 Å². The molecule has 0 saturated carbocycles. The first kappa shape index (κ1) is 21.2. The van der Waals surface area contributed by atoms with E-state index in [9.17, 15) is 30.8 Å². The zero-order valence-corrected chi connectivity index (χ0v) is 14.8. The van der Waals surface area contributed by atoms with Gasteiger partial charge in [0.05, 0.1) is 16.9 Å². The monoisotopic (exact) mass is 416 g/mol. The van der Waals surface area contributed by atoms with Crippen molar-refractivity contribution in [1.82, 2.24) is 4.72 Å². The molecule has 0 fully saturated rings. The predicted octanol–water partition coefficient (Wildman–Crippen LogP) is 2.79. The summed E-state index contributed by atoms with van der Waals surface area (Å²) in [6, 6.07) is 8.53. The largest absolute Gasteiger partial charge is 0.479 e. The van der Waals surface area contributed by atoms with Crippen molar-refractivity contribution in [2.24, 2.45) is 0 Å². The molecule has 28 heavy (non-hydrogen) atoms. The average Bonchev–Trinajstić information content (AvgIpc) is 2.59. The van der Waals surface area contributed by atoms with Crippen LogP contribution in [0.15, 0.2) is 47.4 Å². The number of rotatable bonds is 6. The standard InChI is InChI=1S/C17H12F4N2O4S/c18-12-3-6-15(14(10-12)17(19,20)21)28(25,26)23-16(24)9-11-1-4-13(5-2-11)27-8-7-22/h1-6,10H,8-9H2,(H,23,24). The number of hydrogen-bond donors (Lipinski definition) is 1. The van der Waals surface area contributed by atoms with Gasteiger partial charge in [-0.3, -0.25) is 4.79 Å². The van der Waals surface area contributed by atoms with E-state index in [1.165, 1.54) is 29.0 Å². The molecule has 0 radical (unpaired) electrons. The van der Waals surface area contributed by atoms with Gasteiger partial charge in [-0.05, 0) is 35.9 Å². The number of sulfonamides is 1. The van der Waals surface area contributed by atoms with E-state index in [0.717, 1.165) is 0 Å². The fourth-order valence-electron chi connectivity index (χ4n) is 2.20. The number of ether oxygens (including phenoxy) is 1. The Bertz CT molecular complexity index is 1010. The van der Waals surface area contributed by atoms with Gasteiger partial charge in [0.25, 0.3) is 10.0 Å². The summed E-state index contributed by atoms with van der Waals surface area (Å²) in [5, 5.41) is 8.41. The molecule has 2 aromatic carbocycles. The predicted molar refractivity (Wildman–Crippen MR) is 88.0 cm³/mol. The van der Waals surface area contributed by atoms with Crippen molar-refractivity contribution in [3.63, 3.8) is 0 Å². The minimum absolute atomic E-state index is 0.0407. The molecule has 0 aliphatic rings. The van der Waals surface area contributed by atoms with Crippen molar-refractivity contribution in [1.29, 1.82) is 5.26 Å². The van der Waals surface area contributed by atoms with E-state index < -0.39 is 44.8 Å². The molecule has 2 rings (SSSR count).